The van der Waals surface area contributed by atoms with Gasteiger partial charge in [-0.25, -0.2) is 9.69 Å². The molecule has 3 aliphatic rings. The first-order valence-electron chi connectivity index (χ1n) is 12.1. The van der Waals surface area contributed by atoms with Crippen LogP contribution in [0.2, 0.25) is 0 Å². The maximum Gasteiger partial charge on any atom is 0.338 e. The molecule has 3 fully saturated rings. The predicted octanol–water partition coefficient (Wildman–Crippen LogP) is 4.39. The van der Waals surface area contributed by atoms with Gasteiger partial charge in [0.2, 0.25) is 11.8 Å². The van der Waals surface area contributed by atoms with Gasteiger partial charge >= 0.3 is 5.97 Å². The van der Waals surface area contributed by atoms with Crippen molar-refractivity contribution in [2.45, 2.75) is 37.4 Å². The molecule has 0 unspecified atom stereocenters. The van der Waals surface area contributed by atoms with Crippen LogP contribution in [0.25, 0.3) is 10.8 Å². The Balaban J connectivity index is 1.31. The highest BCUT2D eigenvalue weighted by Crippen LogP contribution is 2.62. The Bertz CT molecular complexity index is 1460. The van der Waals surface area contributed by atoms with Crippen molar-refractivity contribution in [1.82, 2.24) is 0 Å². The zero-order chi connectivity index (χ0) is 25.1. The molecule has 0 N–H and O–H groups in total. The van der Waals surface area contributed by atoms with E-state index >= 15 is 0 Å². The molecule has 0 saturated carbocycles. The second kappa shape index (κ2) is 8.00. The maximum absolute atomic E-state index is 13.9. The summed E-state index contributed by atoms with van der Waals surface area (Å²) in [5.74, 6) is -2.24. The first-order chi connectivity index (χ1) is 17.4. The Morgan fingerprint density at radius 2 is 1.69 bits per heavy atom. The van der Waals surface area contributed by atoms with E-state index in [1.54, 1.807) is 36.4 Å². The summed E-state index contributed by atoms with van der Waals surface area (Å²) in [4.78, 5) is 41.4. The summed E-state index contributed by atoms with van der Waals surface area (Å²) in [6.45, 7) is 2.00. The Hall–Kier alpha value is -4.02. The number of benzene rings is 3. The number of nitrogens with zero attached hydrogens (tertiary/aromatic N) is 2. The van der Waals surface area contributed by atoms with Crippen LogP contribution in [-0.4, -0.2) is 35.6 Å². The molecule has 4 atom stereocenters. The van der Waals surface area contributed by atoms with Gasteiger partial charge in [-0.3, -0.25) is 9.59 Å². The Morgan fingerprint density at radius 1 is 1.00 bits per heavy atom. The van der Waals surface area contributed by atoms with Crippen molar-refractivity contribution >= 4 is 34.2 Å². The highest BCUT2D eigenvalue weighted by molar-refractivity contribution is 6.26. The van der Waals surface area contributed by atoms with E-state index in [1.165, 1.54) is 4.90 Å². The second-order valence-electron chi connectivity index (χ2n) is 9.99. The number of imide groups is 1. The number of carbonyl (C=O) groups excluding carboxylic acids is 3. The fourth-order valence-corrected chi connectivity index (χ4v) is 6.40. The average Bonchev–Trinajstić information content (AvgIpc) is 3.48. The molecule has 3 aromatic rings. The van der Waals surface area contributed by atoms with Crippen LogP contribution in [0.1, 0.15) is 42.1 Å². The van der Waals surface area contributed by atoms with Gasteiger partial charge in [-0.05, 0) is 44.0 Å². The molecule has 0 radical (unpaired) electrons. The van der Waals surface area contributed by atoms with E-state index in [1.807, 2.05) is 37.3 Å². The summed E-state index contributed by atoms with van der Waals surface area (Å²) in [6, 6.07) is 21.6. The van der Waals surface area contributed by atoms with E-state index in [-0.39, 0.29) is 18.4 Å². The first-order valence-corrected chi connectivity index (χ1v) is 12.1. The van der Waals surface area contributed by atoms with Crippen molar-refractivity contribution in [3.63, 3.8) is 0 Å². The summed E-state index contributed by atoms with van der Waals surface area (Å²) in [6.07, 6.45) is 1.61. The van der Waals surface area contributed by atoms with Gasteiger partial charge in [-0.1, -0.05) is 42.5 Å². The van der Waals surface area contributed by atoms with Gasteiger partial charge in [0.05, 0.1) is 52.5 Å². The van der Waals surface area contributed by atoms with Crippen LogP contribution >= 0.6 is 0 Å². The topological polar surface area (TPSA) is 96.7 Å². The monoisotopic (exact) mass is 480 g/mol. The zero-order valence-electron chi connectivity index (χ0n) is 19.8. The van der Waals surface area contributed by atoms with E-state index in [0.717, 1.165) is 0 Å². The Kier molecular flexibility index (Phi) is 4.99. The van der Waals surface area contributed by atoms with Crippen LogP contribution in [0, 0.1) is 23.2 Å². The molecule has 2 amide bonds. The molecule has 3 aromatic carbocycles. The lowest BCUT2D eigenvalue weighted by molar-refractivity contribution is -0.131. The molecule has 6 rings (SSSR count). The molecule has 7 nitrogen and oxygen atoms in total. The summed E-state index contributed by atoms with van der Waals surface area (Å²) < 4.78 is 12.0. The minimum absolute atomic E-state index is 0.0916. The highest BCUT2D eigenvalue weighted by Gasteiger charge is 2.73. The van der Waals surface area contributed by atoms with Crippen LogP contribution in [0.4, 0.5) is 5.69 Å². The van der Waals surface area contributed by atoms with Gasteiger partial charge in [0.15, 0.2) is 0 Å². The summed E-state index contributed by atoms with van der Waals surface area (Å²) in [7, 11) is 0. The molecular weight excluding hydrogens is 456 g/mol. The number of rotatable bonds is 5. The van der Waals surface area contributed by atoms with Crippen LogP contribution in [0.5, 0.6) is 0 Å². The first kappa shape index (κ1) is 22.4. The second-order valence-corrected chi connectivity index (χ2v) is 9.99. The van der Waals surface area contributed by atoms with E-state index in [4.69, 9.17) is 9.47 Å². The summed E-state index contributed by atoms with van der Waals surface area (Å²) in [5.41, 5.74) is -0.177. The van der Waals surface area contributed by atoms with Crippen molar-refractivity contribution in [2.24, 2.45) is 11.8 Å². The van der Waals surface area contributed by atoms with Crippen molar-refractivity contribution < 1.29 is 23.9 Å². The molecule has 2 bridgehead atoms. The molecule has 3 heterocycles. The van der Waals surface area contributed by atoms with Gasteiger partial charge in [-0.2, -0.15) is 5.26 Å². The summed E-state index contributed by atoms with van der Waals surface area (Å²) >= 11 is 0. The van der Waals surface area contributed by atoms with Gasteiger partial charge in [-0.15, -0.1) is 0 Å². The van der Waals surface area contributed by atoms with E-state index in [0.29, 0.717) is 46.8 Å². The summed E-state index contributed by atoms with van der Waals surface area (Å²) in [5, 5.41) is 10.9. The Morgan fingerprint density at radius 3 is 2.44 bits per heavy atom. The van der Waals surface area contributed by atoms with Crippen LogP contribution in [0.3, 0.4) is 0 Å². The fourth-order valence-electron chi connectivity index (χ4n) is 6.40. The number of carbonyl (C=O) groups is 3. The fraction of sp³-hybridized carbons (Fsp3) is 0.310. The van der Waals surface area contributed by atoms with E-state index < -0.39 is 29.0 Å². The molecule has 3 saturated heterocycles. The van der Waals surface area contributed by atoms with E-state index in [9.17, 15) is 19.6 Å². The average molecular weight is 481 g/mol. The number of amides is 2. The van der Waals surface area contributed by atoms with Crippen molar-refractivity contribution in [3.05, 3.63) is 77.9 Å². The Labute approximate surface area is 208 Å². The largest absolute Gasteiger partial charge is 0.462 e. The third kappa shape index (κ3) is 3.11. The molecule has 3 aliphatic heterocycles. The molecule has 0 spiro atoms. The lowest BCUT2D eigenvalue weighted by Crippen LogP contribution is -2.43. The number of anilines is 1. The van der Waals surface area contributed by atoms with Crippen molar-refractivity contribution in [2.75, 3.05) is 11.5 Å². The van der Waals surface area contributed by atoms with Crippen molar-refractivity contribution in [3.8, 4) is 6.07 Å². The lowest BCUT2D eigenvalue weighted by Gasteiger charge is -2.31. The van der Waals surface area contributed by atoms with Gasteiger partial charge in [0.25, 0.3) is 0 Å². The van der Waals surface area contributed by atoms with Gasteiger partial charge < -0.3 is 9.47 Å². The molecule has 36 heavy (non-hydrogen) atoms. The number of hydrogen-bond acceptors (Lipinski definition) is 6. The molecule has 7 heteroatoms. The van der Waals surface area contributed by atoms with E-state index in [2.05, 4.69) is 6.07 Å². The third-order valence-electron chi connectivity index (χ3n) is 8.04. The number of hydrogen-bond donors (Lipinski definition) is 0. The zero-order valence-corrected chi connectivity index (χ0v) is 19.8. The van der Waals surface area contributed by atoms with Gasteiger partial charge in [0.1, 0.15) is 0 Å². The maximum atomic E-state index is 13.9. The molecule has 180 valence electrons. The number of ether oxygens (including phenoxy) is 2. The van der Waals surface area contributed by atoms with Crippen LogP contribution in [-0.2, 0) is 19.1 Å². The number of fused-ring (bicyclic) bond motifs is 6. The van der Waals surface area contributed by atoms with Crippen LogP contribution in [0.15, 0.2) is 66.7 Å². The van der Waals surface area contributed by atoms with Gasteiger partial charge in [0, 0.05) is 17.2 Å². The minimum Gasteiger partial charge on any atom is -0.462 e. The highest BCUT2D eigenvalue weighted by atomic mass is 16.6. The predicted molar refractivity (Wildman–Crippen MR) is 131 cm³/mol. The van der Waals surface area contributed by atoms with Crippen LogP contribution < -0.4 is 4.90 Å². The number of esters is 1. The molecule has 0 aromatic heterocycles. The standard InChI is InChI=1S/C29H24N2O5/c1-28-13-14-29(36-28,15-16-35-27(34)18-7-3-2-4-8-18)24-23(28)25(32)31(26(24)33)22-12-11-19(17-30)20-9-5-6-10-21(20)22/h2-12,23-24H,13-16H2,1H3/t23-,24+,28-,29-/m1/s1. The number of nitriles is 1. The SMILES string of the molecule is C[C@]12CC[C@](CCOC(=O)c3ccccc3)(O1)[C@@H]1C(=O)N(c3ccc(C#N)c4ccccc34)C(=O)[C@@H]12. The van der Waals surface area contributed by atoms with Crippen molar-refractivity contribution in [1.29, 1.82) is 5.26 Å². The molecular formula is C29H24N2O5. The third-order valence-corrected chi connectivity index (χ3v) is 8.04. The normalized spacial score (nSPS) is 28.4. The molecule has 0 aliphatic carbocycles. The quantitative estimate of drug-likeness (QED) is 0.397. The minimum atomic E-state index is -0.861. The lowest BCUT2D eigenvalue weighted by atomic mass is 9.67. The smallest absolute Gasteiger partial charge is 0.338 e.